The maximum absolute atomic E-state index is 13.1. The Bertz CT molecular complexity index is 636. The number of halogens is 2. The largest absolute Gasteiger partial charge is 0.398 e. The molecule has 3 N–H and O–H groups in total. The van der Waals surface area contributed by atoms with Gasteiger partial charge in [0, 0.05) is 14.2 Å². The molecule has 0 aliphatic rings. The van der Waals surface area contributed by atoms with Crippen molar-refractivity contribution in [2.75, 3.05) is 16.8 Å². The molecule has 3 nitrogen and oxygen atoms in total. The minimum absolute atomic E-state index is 0.150. The number of hydrogen-bond donors (Lipinski definition) is 2. The summed E-state index contributed by atoms with van der Waals surface area (Å²) in [6.07, 6.45) is 0. The number of carbonyl (C=O) groups excluding carboxylic acids is 1. The van der Waals surface area contributed by atoms with Crippen molar-refractivity contribution in [3.8, 4) is 0 Å². The molecular weight excluding hydrogens is 390 g/mol. The van der Waals surface area contributed by atoms with Gasteiger partial charge in [-0.3, -0.25) is 4.79 Å². The molecule has 0 atom stereocenters. The first kappa shape index (κ1) is 15.1. The highest BCUT2D eigenvalue weighted by Gasteiger charge is 2.08. The molecule has 1 amide bonds. The van der Waals surface area contributed by atoms with Crippen LogP contribution in [-0.4, -0.2) is 11.7 Å². The Kier molecular flexibility index (Phi) is 5.24. The average Bonchev–Trinajstić information content (AvgIpc) is 2.42. The molecule has 6 heteroatoms. The zero-order valence-electron chi connectivity index (χ0n) is 10.4. The summed E-state index contributed by atoms with van der Waals surface area (Å²) in [5.74, 6) is -0.332. The summed E-state index contributed by atoms with van der Waals surface area (Å²) in [6, 6.07) is 11.6. The number of hydrogen-bond acceptors (Lipinski definition) is 3. The van der Waals surface area contributed by atoms with Gasteiger partial charge in [0.15, 0.2) is 0 Å². The molecule has 2 rings (SSSR count). The highest BCUT2D eigenvalue weighted by Crippen LogP contribution is 2.26. The third-order valence-corrected chi connectivity index (χ3v) is 4.49. The molecule has 2 aromatic rings. The molecule has 2 aromatic carbocycles. The summed E-state index contributed by atoms with van der Waals surface area (Å²) >= 11 is 3.37. The number of para-hydroxylation sites is 1. The van der Waals surface area contributed by atoms with Crippen molar-refractivity contribution in [2.45, 2.75) is 4.90 Å². The smallest absolute Gasteiger partial charge is 0.234 e. The maximum Gasteiger partial charge on any atom is 0.234 e. The fourth-order valence-electron chi connectivity index (χ4n) is 1.53. The number of rotatable bonds is 4. The first-order valence-corrected chi connectivity index (χ1v) is 7.85. The van der Waals surface area contributed by atoms with Crippen LogP contribution in [0.5, 0.6) is 0 Å². The van der Waals surface area contributed by atoms with Crippen LogP contribution in [-0.2, 0) is 4.79 Å². The topological polar surface area (TPSA) is 55.1 Å². The predicted octanol–water partition coefficient (Wildman–Crippen LogP) is 3.74. The van der Waals surface area contributed by atoms with Crippen molar-refractivity contribution in [2.24, 2.45) is 0 Å². The Morgan fingerprint density at radius 1 is 1.30 bits per heavy atom. The standard InChI is InChI=1S/C14H12FIN2OS/c15-9-5-6-11(17)13(7-9)20-8-14(19)18-12-4-2-1-3-10(12)16/h1-7H,8,17H2,(H,18,19). The van der Waals surface area contributed by atoms with Gasteiger partial charge in [-0.05, 0) is 52.9 Å². The summed E-state index contributed by atoms with van der Waals surface area (Å²) in [7, 11) is 0. The van der Waals surface area contributed by atoms with E-state index in [0.717, 1.165) is 9.26 Å². The van der Waals surface area contributed by atoms with Gasteiger partial charge in [0.2, 0.25) is 5.91 Å². The van der Waals surface area contributed by atoms with Gasteiger partial charge >= 0.3 is 0 Å². The number of carbonyl (C=O) groups is 1. The van der Waals surface area contributed by atoms with E-state index in [9.17, 15) is 9.18 Å². The van der Waals surface area contributed by atoms with E-state index in [4.69, 9.17) is 5.73 Å². The van der Waals surface area contributed by atoms with Gasteiger partial charge in [-0.15, -0.1) is 11.8 Å². The number of benzene rings is 2. The minimum atomic E-state index is -0.361. The van der Waals surface area contributed by atoms with Crippen LogP contribution >= 0.6 is 34.4 Å². The van der Waals surface area contributed by atoms with Gasteiger partial charge < -0.3 is 11.1 Å². The van der Waals surface area contributed by atoms with Gasteiger partial charge in [0.25, 0.3) is 0 Å². The Morgan fingerprint density at radius 3 is 2.80 bits per heavy atom. The summed E-state index contributed by atoms with van der Waals surface area (Å²) in [5.41, 5.74) is 6.97. The number of nitrogen functional groups attached to an aromatic ring is 1. The summed E-state index contributed by atoms with van der Waals surface area (Å²) < 4.78 is 14.1. The Morgan fingerprint density at radius 2 is 2.05 bits per heavy atom. The molecule has 0 aromatic heterocycles. The van der Waals surface area contributed by atoms with E-state index < -0.39 is 0 Å². The van der Waals surface area contributed by atoms with Crippen LogP contribution in [0.1, 0.15) is 0 Å². The van der Waals surface area contributed by atoms with Gasteiger partial charge in [-0.2, -0.15) is 0 Å². The lowest BCUT2D eigenvalue weighted by molar-refractivity contribution is -0.113. The second-order valence-corrected chi connectivity index (χ2v) is 6.18. The van der Waals surface area contributed by atoms with Crippen molar-refractivity contribution in [3.05, 3.63) is 51.9 Å². The molecule has 0 unspecified atom stereocenters. The normalized spacial score (nSPS) is 10.3. The molecule has 0 spiro atoms. The zero-order chi connectivity index (χ0) is 14.5. The quantitative estimate of drug-likeness (QED) is 0.466. The van der Waals surface area contributed by atoms with Crippen molar-refractivity contribution in [1.29, 1.82) is 0 Å². The Labute approximate surface area is 134 Å². The lowest BCUT2D eigenvalue weighted by Gasteiger charge is -2.08. The number of amides is 1. The van der Waals surface area contributed by atoms with E-state index in [1.807, 2.05) is 24.3 Å². The molecule has 0 saturated heterocycles. The van der Waals surface area contributed by atoms with Crippen molar-refractivity contribution >= 4 is 51.6 Å². The van der Waals surface area contributed by atoms with Crippen molar-refractivity contribution < 1.29 is 9.18 Å². The molecule has 104 valence electrons. The molecule has 0 bridgehead atoms. The molecule has 0 aliphatic heterocycles. The first-order chi connectivity index (χ1) is 9.56. The van der Waals surface area contributed by atoms with Gasteiger partial charge in [-0.1, -0.05) is 12.1 Å². The lowest BCUT2D eigenvalue weighted by atomic mass is 10.3. The summed E-state index contributed by atoms with van der Waals surface area (Å²) in [5, 5.41) is 2.81. The van der Waals surface area contributed by atoms with Gasteiger partial charge in [0.1, 0.15) is 5.82 Å². The van der Waals surface area contributed by atoms with Gasteiger partial charge in [-0.25, -0.2) is 4.39 Å². The first-order valence-electron chi connectivity index (χ1n) is 5.78. The highest BCUT2D eigenvalue weighted by atomic mass is 127. The number of nitrogens with two attached hydrogens (primary N) is 1. The van der Waals surface area contributed by atoms with E-state index in [-0.39, 0.29) is 17.5 Å². The summed E-state index contributed by atoms with van der Waals surface area (Å²) in [4.78, 5) is 12.4. The molecule has 0 aliphatic carbocycles. The average molecular weight is 402 g/mol. The van der Waals surface area contributed by atoms with E-state index >= 15 is 0 Å². The van der Waals surface area contributed by atoms with Crippen LogP contribution in [0.3, 0.4) is 0 Å². The Balaban J connectivity index is 1.96. The van der Waals surface area contributed by atoms with Crippen molar-refractivity contribution in [1.82, 2.24) is 0 Å². The second kappa shape index (κ2) is 6.94. The number of nitrogens with one attached hydrogen (secondary N) is 1. The molecular formula is C14H12FIN2OS. The van der Waals surface area contributed by atoms with E-state index in [0.29, 0.717) is 10.6 Å². The van der Waals surface area contributed by atoms with E-state index in [1.54, 1.807) is 0 Å². The maximum atomic E-state index is 13.1. The third kappa shape index (κ3) is 4.11. The van der Waals surface area contributed by atoms with Crippen LogP contribution in [0.25, 0.3) is 0 Å². The molecule has 0 heterocycles. The fourth-order valence-corrected chi connectivity index (χ4v) is 2.84. The lowest BCUT2D eigenvalue weighted by Crippen LogP contribution is -2.14. The van der Waals surface area contributed by atoms with Crippen LogP contribution in [0, 0.1) is 9.39 Å². The number of thioether (sulfide) groups is 1. The molecule has 0 saturated carbocycles. The van der Waals surface area contributed by atoms with E-state index in [1.165, 1.54) is 30.0 Å². The highest BCUT2D eigenvalue weighted by molar-refractivity contribution is 14.1. The Hall–Kier alpha value is -1.28. The van der Waals surface area contributed by atoms with Crippen molar-refractivity contribution in [3.63, 3.8) is 0 Å². The molecule has 0 fully saturated rings. The van der Waals surface area contributed by atoms with Crippen LogP contribution < -0.4 is 11.1 Å². The zero-order valence-corrected chi connectivity index (χ0v) is 13.4. The monoisotopic (exact) mass is 402 g/mol. The van der Waals surface area contributed by atoms with E-state index in [2.05, 4.69) is 27.9 Å². The fraction of sp³-hybridized carbons (Fsp3) is 0.0714. The van der Waals surface area contributed by atoms with Crippen LogP contribution in [0.4, 0.5) is 15.8 Å². The van der Waals surface area contributed by atoms with Gasteiger partial charge in [0.05, 0.1) is 11.4 Å². The van der Waals surface area contributed by atoms with Crippen LogP contribution in [0.2, 0.25) is 0 Å². The molecule has 0 radical (unpaired) electrons. The molecule has 20 heavy (non-hydrogen) atoms. The number of anilines is 2. The minimum Gasteiger partial charge on any atom is -0.398 e. The SMILES string of the molecule is Nc1ccc(F)cc1SCC(=O)Nc1ccccc1I. The second-order valence-electron chi connectivity index (χ2n) is 4.00. The third-order valence-electron chi connectivity index (χ3n) is 2.48. The predicted molar refractivity (Wildman–Crippen MR) is 89.3 cm³/mol. The summed E-state index contributed by atoms with van der Waals surface area (Å²) in [6.45, 7) is 0. The van der Waals surface area contributed by atoms with Crippen LogP contribution in [0.15, 0.2) is 47.4 Å².